The first kappa shape index (κ1) is 16.5. The average molecular weight is 316 g/mol. The molecular formula is C18H17FO4. The molecule has 5 heteroatoms. The van der Waals surface area contributed by atoms with E-state index in [1.807, 2.05) is 0 Å². The first-order chi connectivity index (χ1) is 11.0. The van der Waals surface area contributed by atoms with Crippen molar-refractivity contribution in [1.29, 1.82) is 0 Å². The molecule has 120 valence electrons. The van der Waals surface area contributed by atoms with Gasteiger partial charge >= 0.3 is 5.97 Å². The second kappa shape index (κ2) is 6.96. The highest BCUT2D eigenvalue weighted by Gasteiger charge is 2.15. The quantitative estimate of drug-likeness (QED) is 0.674. The Balaban J connectivity index is 2.60. The minimum atomic E-state index is -1.15. The zero-order valence-electron chi connectivity index (χ0n) is 13.1. The van der Waals surface area contributed by atoms with Crippen molar-refractivity contribution in [2.75, 3.05) is 14.2 Å². The van der Waals surface area contributed by atoms with E-state index in [4.69, 9.17) is 9.47 Å². The van der Waals surface area contributed by atoms with Crippen molar-refractivity contribution in [1.82, 2.24) is 0 Å². The third kappa shape index (κ3) is 3.51. The Kier molecular flexibility index (Phi) is 5.01. The number of carboxylic acid groups (broad SMARTS) is 1. The topological polar surface area (TPSA) is 55.8 Å². The highest BCUT2D eigenvalue weighted by Crippen LogP contribution is 2.33. The number of hydrogen-bond donors (Lipinski definition) is 1. The number of rotatable bonds is 5. The lowest BCUT2D eigenvalue weighted by Crippen LogP contribution is -2.01. The van der Waals surface area contributed by atoms with Crippen molar-refractivity contribution >= 4 is 17.6 Å². The summed E-state index contributed by atoms with van der Waals surface area (Å²) in [4.78, 5) is 11.6. The van der Waals surface area contributed by atoms with Crippen molar-refractivity contribution in [3.63, 3.8) is 0 Å². The Labute approximate surface area is 133 Å². The third-order valence-electron chi connectivity index (χ3n) is 3.45. The van der Waals surface area contributed by atoms with E-state index in [0.29, 0.717) is 22.6 Å². The summed E-state index contributed by atoms with van der Waals surface area (Å²) in [5, 5.41) is 9.48. The Morgan fingerprint density at radius 1 is 1.17 bits per heavy atom. The van der Waals surface area contributed by atoms with Crippen molar-refractivity contribution in [2.45, 2.75) is 6.92 Å². The van der Waals surface area contributed by atoms with Crippen LogP contribution >= 0.6 is 0 Å². The van der Waals surface area contributed by atoms with E-state index in [2.05, 4.69) is 0 Å². The molecule has 0 radical (unpaired) electrons. The molecule has 0 heterocycles. The fourth-order valence-corrected chi connectivity index (χ4v) is 2.21. The lowest BCUT2D eigenvalue weighted by Gasteiger charge is -2.11. The molecule has 0 spiro atoms. The van der Waals surface area contributed by atoms with E-state index in [-0.39, 0.29) is 11.1 Å². The van der Waals surface area contributed by atoms with Gasteiger partial charge in [-0.1, -0.05) is 24.3 Å². The van der Waals surface area contributed by atoms with Crippen molar-refractivity contribution < 1.29 is 23.8 Å². The normalized spacial score (nSPS) is 11.2. The van der Waals surface area contributed by atoms with E-state index in [0.717, 1.165) is 0 Å². The smallest absolute Gasteiger partial charge is 0.336 e. The molecule has 0 unspecified atom stereocenters. The second-order valence-corrected chi connectivity index (χ2v) is 4.91. The van der Waals surface area contributed by atoms with Gasteiger partial charge in [-0.05, 0) is 36.3 Å². The molecule has 0 saturated heterocycles. The maximum atomic E-state index is 13.7. The van der Waals surface area contributed by atoms with Crippen LogP contribution in [0.25, 0.3) is 11.6 Å². The van der Waals surface area contributed by atoms with E-state index in [1.165, 1.54) is 26.4 Å². The van der Waals surface area contributed by atoms with Crippen LogP contribution in [0.4, 0.5) is 4.39 Å². The van der Waals surface area contributed by atoms with Gasteiger partial charge in [0, 0.05) is 5.56 Å². The fourth-order valence-electron chi connectivity index (χ4n) is 2.21. The molecule has 4 nitrogen and oxygen atoms in total. The zero-order valence-corrected chi connectivity index (χ0v) is 13.1. The fraction of sp³-hybridized carbons (Fsp3) is 0.167. The minimum Gasteiger partial charge on any atom is -0.493 e. The Morgan fingerprint density at radius 2 is 1.91 bits per heavy atom. The van der Waals surface area contributed by atoms with E-state index in [9.17, 15) is 14.3 Å². The Morgan fingerprint density at radius 3 is 2.48 bits per heavy atom. The maximum absolute atomic E-state index is 13.7. The van der Waals surface area contributed by atoms with Gasteiger partial charge in [-0.15, -0.1) is 0 Å². The van der Waals surface area contributed by atoms with Gasteiger partial charge in [-0.25, -0.2) is 9.18 Å². The van der Waals surface area contributed by atoms with Crippen LogP contribution in [0.5, 0.6) is 11.5 Å². The van der Waals surface area contributed by atoms with Gasteiger partial charge in [0.05, 0.1) is 19.8 Å². The molecule has 0 aliphatic carbocycles. The van der Waals surface area contributed by atoms with E-state index < -0.39 is 11.8 Å². The number of halogens is 1. The number of aliphatic carboxylic acids is 1. The molecule has 0 saturated carbocycles. The molecule has 0 atom stereocenters. The number of aryl methyl sites for hydroxylation is 1. The Bertz CT molecular complexity index is 766. The molecule has 2 aromatic carbocycles. The van der Waals surface area contributed by atoms with Crippen LogP contribution in [0, 0.1) is 12.7 Å². The van der Waals surface area contributed by atoms with Gasteiger partial charge in [0.1, 0.15) is 5.82 Å². The number of methoxy groups -OCH3 is 2. The van der Waals surface area contributed by atoms with Crippen LogP contribution < -0.4 is 9.47 Å². The molecule has 2 aromatic rings. The van der Waals surface area contributed by atoms with Gasteiger partial charge in [-0.3, -0.25) is 0 Å². The van der Waals surface area contributed by atoms with Crippen LogP contribution in [0.2, 0.25) is 0 Å². The predicted octanol–water partition coefficient (Wildman–Crippen LogP) is 3.78. The van der Waals surface area contributed by atoms with Crippen LogP contribution in [0.1, 0.15) is 16.7 Å². The van der Waals surface area contributed by atoms with Crippen molar-refractivity contribution in [3.8, 4) is 11.5 Å². The van der Waals surface area contributed by atoms with E-state index in [1.54, 1.807) is 37.3 Å². The van der Waals surface area contributed by atoms with E-state index >= 15 is 0 Å². The summed E-state index contributed by atoms with van der Waals surface area (Å²) in [6.07, 6.45) is 1.44. The minimum absolute atomic E-state index is 0.0320. The summed E-state index contributed by atoms with van der Waals surface area (Å²) in [6, 6.07) is 9.47. The first-order valence-corrected chi connectivity index (χ1v) is 6.90. The molecule has 0 amide bonds. The first-order valence-electron chi connectivity index (χ1n) is 6.90. The molecule has 1 N–H and O–H groups in total. The summed E-state index contributed by atoms with van der Waals surface area (Å²) in [6.45, 7) is 1.62. The molecular weight excluding hydrogens is 299 g/mol. The summed E-state index contributed by atoms with van der Waals surface area (Å²) >= 11 is 0. The highest BCUT2D eigenvalue weighted by molar-refractivity contribution is 6.20. The third-order valence-corrected chi connectivity index (χ3v) is 3.45. The van der Waals surface area contributed by atoms with Crippen LogP contribution in [-0.2, 0) is 4.79 Å². The SMILES string of the molecule is COc1cccc(/C=C(\C(=O)O)c2ccc(C)c(F)c2)c1OC. The number of carboxylic acids is 1. The zero-order chi connectivity index (χ0) is 17.0. The molecule has 0 aromatic heterocycles. The lowest BCUT2D eigenvalue weighted by atomic mass is 10.0. The predicted molar refractivity (Wildman–Crippen MR) is 86.2 cm³/mol. The molecule has 0 aliphatic heterocycles. The standard InChI is InChI=1S/C18H17FO4/c1-11-7-8-12(10-15(11)19)14(18(20)21)9-13-5-4-6-16(22-2)17(13)23-3/h4-10H,1-3H3,(H,20,21)/b14-9-. The Hall–Kier alpha value is -2.82. The van der Waals surface area contributed by atoms with Gasteiger partial charge in [0.15, 0.2) is 11.5 Å². The van der Waals surface area contributed by atoms with Gasteiger partial charge in [0.2, 0.25) is 0 Å². The number of benzene rings is 2. The summed E-state index contributed by atoms with van der Waals surface area (Å²) in [7, 11) is 2.97. The average Bonchev–Trinajstić information content (AvgIpc) is 2.54. The largest absolute Gasteiger partial charge is 0.493 e. The van der Waals surface area contributed by atoms with Crippen LogP contribution in [0.3, 0.4) is 0 Å². The van der Waals surface area contributed by atoms with Gasteiger partial charge < -0.3 is 14.6 Å². The number of carbonyl (C=O) groups is 1. The number of ether oxygens (including phenoxy) is 2. The highest BCUT2D eigenvalue weighted by atomic mass is 19.1. The molecule has 0 fully saturated rings. The van der Waals surface area contributed by atoms with Crippen LogP contribution in [0.15, 0.2) is 36.4 Å². The van der Waals surface area contributed by atoms with Gasteiger partial charge in [0.25, 0.3) is 0 Å². The second-order valence-electron chi connectivity index (χ2n) is 4.91. The molecule has 0 aliphatic rings. The van der Waals surface area contributed by atoms with Gasteiger partial charge in [-0.2, -0.15) is 0 Å². The van der Waals surface area contributed by atoms with Crippen molar-refractivity contribution in [2.24, 2.45) is 0 Å². The lowest BCUT2D eigenvalue weighted by molar-refractivity contribution is -0.130. The summed E-state index contributed by atoms with van der Waals surface area (Å²) in [5.41, 5.74) is 1.24. The maximum Gasteiger partial charge on any atom is 0.336 e. The summed E-state index contributed by atoms with van der Waals surface area (Å²) in [5.74, 6) is -0.701. The summed E-state index contributed by atoms with van der Waals surface area (Å²) < 4.78 is 24.2. The monoisotopic (exact) mass is 316 g/mol. The molecule has 23 heavy (non-hydrogen) atoms. The van der Waals surface area contributed by atoms with Crippen molar-refractivity contribution in [3.05, 3.63) is 58.9 Å². The molecule has 0 bridgehead atoms. The van der Waals surface area contributed by atoms with Crippen LogP contribution in [-0.4, -0.2) is 25.3 Å². The number of hydrogen-bond acceptors (Lipinski definition) is 3. The molecule has 2 rings (SSSR count). The number of para-hydroxylation sites is 1.